The molecule has 9 heteroatoms. The highest BCUT2D eigenvalue weighted by Gasteiger charge is 2.17. The third-order valence-corrected chi connectivity index (χ3v) is 5.04. The average Bonchev–Trinajstić information content (AvgIpc) is 2.53. The van der Waals surface area contributed by atoms with E-state index in [2.05, 4.69) is 5.32 Å². The van der Waals surface area contributed by atoms with Gasteiger partial charge in [0.05, 0.1) is 12.3 Å². The lowest BCUT2D eigenvalue weighted by Crippen LogP contribution is -2.39. The first kappa shape index (κ1) is 19.9. The summed E-state index contributed by atoms with van der Waals surface area (Å²) in [6, 6.07) is 6.86. The van der Waals surface area contributed by atoms with Crippen molar-refractivity contribution >= 4 is 21.9 Å². The number of hydrogen-bond acceptors (Lipinski definition) is 5. The smallest absolute Gasteiger partial charge is 0.341 e. The van der Waals surface area contributed by atoms with Crippen LogP contribution in [0.1, 0.15) is 12.5 Å². The quantitative estimate of drug-likeness (QED) is 0.613. The van der Waals surface area contributed by atoms with Gasteiger partial charge < -0.3 is 15.2 Å². The second kappa shape index (κ2) is 9.24. The van der Waals surface area contributed by atoms with Crippen molar-refractivity contribution in [2.24, 2.45) is 0 Å². The van der Waals surface area contributed by atoms with Crippen LogP contribution in [0.2, 0.25) is 0 Å². The maximum atomic E-state index is 11.7. The van der Waals surface area contributed by atoms with Crippen LogP contribution in [0.15, 0.2) is 24.3 Å². The third kappa shape index (κ3) is 6.97. The van der Waals surface area contributed by atoms with Crippen LogP contribution < -0.4 is 10.1 Å². The first-order chi connectivity index (χ1) is 11.2. The SMILES string of the molecule is CCS(=O)(=O)N(C)CC(=O)NCCc1ccc(OCC(=O)O)cc1. The Bertz CT molecular complexity index is 657. The van der Waals surface area contributed by atoms with Crippen LogP contribution in [0, 0.1) is 0 Å². The molecule has 1 rings (SSSR count). The summed E-state index contributed by atoms with van der Waals surface area (Å²) in [5, 5.41) is 11.2. The fraction of sp³-hybridized carbons (Fsp3) is 0.467. The molecule has 8 nitrogen and oxygen atoms in total. The van der Waals surface area contributed by atoms with Crippen LogP contribution >= 0.6 is 0 Å². The summed E-state index contributed by atoms with van der Waals surface area (Å²) in [5.74, 6) is -1.00. The fourth-order valence-corrected chi connectivity index (χ4v) is 2.58. The third-order valence-electron chi connectivity index (χ3n) is 3.23. The molecule has 2 N–H and O–H groups in total. The highest BCUT2D eigenvalue weighted by Crippen LogP contribution is 2.12. The summed E-state index contributed by atoms with van der Waals surface area (Å²) in [6.07, 6.45) is 0.565. The second-order valence-electron chi connectivity index (χ2n) is 5.08. The maximum Gasteiger partial charge on any atom is 0.341 e. The van der Waals surface area contributed by atoms with Crippen LogP contribution in [0.25, 0.3) is 0 Å². The van der Waals surface area contributed by atoms with Crippen molar-refractivity contribution in [3.05, 3.63) is 29.8 Å². The van der Waals surface area contributed by atoms with Gasteiger partial charge >= 0.3 is 5.97 Å². The number of likely N-dealkylation sites (N-methyl/N-ethyl adjacent to an activating group) is 1. The number of sulfonamides is 1. The van der Waals surface area contributed by atoms with Gasteiger partial charge in [-0.1, -0.05) is 12.1 Å². The highest BCUT2D eigenvalue weighted by atomic mass is 32.2. The minimum absolute atomic E-state index is 0.0485. The van der Waals surface area contributed by atoms with Gasteiger partial charge in [0.2, 0.25) is 15.9 Å². The van der Waals surface area contributed by atoms with Crippen molar-refractivity contribution in [1.29, 1.82) is 0 Å². The number of carboxylic acid groups (broad SMARTS) is 1. The Hall–Kier alpha value is -2.13. The molecule has 0 aliphatic rings. The van der Waals surface area contributed by atoms with Crippen LogP contribution in [0.4, 0.5) is 0 Å². The molecule has 0 aliphatic heterocycles. The number of benzene rings is 1. The predicted molar refractivity (Wildman–Crippen MR) is 88.4 cm³/mol. The molecule has 0 saturated heterocycles. The molecule has 0 saturated carbocycles. The molecule has 24 heavy (non-hydrogen) atoms. The van der Waals surface area contributed by atoms with Gasteiger partial charge in [0.15, 0.2) is 6.61 Å². The monoisotopic (exact) mass is 358 g/mol. The van der Waals surface area contributed by atoms with E-state index in [1.807, 2.05) is 0 Å². The molecule has 0 heterocycles. The largest absolute Gasteiger partial charge is 0.482 e. The summed E-state index contributed by atoms with van der Waals surface area (Å²) in [6.45, 7) is 1.28. The van der Waals surface area contributed by atoms with Gasteiger partial charge in [-0.3, -0.25) is 4.79 Å². The Labute approximate surface area is 141 Å². The molecule has 0 spiro atoms. The van der Waals surface area contributed by atoms with Crippen molar-refractivity contribution in [3.63, 3.8) is 0 Å². The van der Waals surface area contributed by atoms with Crippen molar-refractivity contribution < 1.29 is 27.9 Å². The predicted octanol–water partition coefficient (Wildman–Crippen LogP) is 0.0902. The van der Waals surface area contributed by atoms with Crippen LogP contribution in [-0.4, -0.2) is 62.2 Å². The lowest BCUT2D eigenvalue weighted by atomic mass is 10.1. The summed E-state index contributed by atoms with van der Waals surface area (Å²) in [5.41, 5.74) is 0.938. The van der Waals surface area contributed by atoms with Crippen LogP contribution in [0.3, 0.4) is 0 Å². The number of nitrogens with zero attached hydrogens (tertiary/aromatic N) is 1. The molecule has 0 aliphatic carbocycles. The van der Waals surface area contributed by atoms with Gasteiger partial charge in [0.25, 0.3) is 0 Å². The lowest BCUT2D eigenvalue weighted by molar-refractivity contribution is -0.139. The van der Waals surface area contributed by atoms with Gasteiger partial charge in [-0.05, 0) is 31.0 Å². The topological polar surface area (TPSA) is 113 Å². The molecule has 0 unspecified atom stereocenters. The van der Waals surface area contributed by atoms with E-state index in [1.165, 1.54) is 14.0 Å². The molecular weight excluding hydrogens is 336 g/mol. The van der Waals surface area contributed by atoms with Gasteiger partial charge in [-0.15, -0.1) is 0 Å². The van der Waals surface area contributed by atoms with E-state index in [-0.39, 0.29) is 18.2 Å². The number of nitrogens with one attached hydrogen (secondary N) is 1. The zero-order chi connectivity index (χ0) is 18.2. The number of hydrogen-bond donors (Lipinski definition) is 2. The molecule has 0 fully saturated rings. The molecule has 1 amide bonds. The zero-order valence-electron chi connectivity index (χ0n) is 13.7. The first-order valence-electron chi connectivity index (χ1n) is 7.39. The summed E-state index contributed by atoms with van der Waals surface area (Å²) >= 11 is 0. The highest BCUT2D eigenvalue weighted by molar-refractivity contribution is 7.89. The zero-order valence-corrected chi connectivity index (χ0v) is 14.5. The lowest BCUT2D eigenvalue weighted by Gasteiger charge is -2.15. The molecule has 0 atom stereocenters. The Morgan fingerprint density at radius 2 is 1.88 bits per heavy atom. The van der Waals surface area contributed by atoms with Crippen molar-refractivity contribution in [2.75, 3.05) is 32.5 Å². The Kier molecular flexibility index (Phi) is 7.66. The number of amides is 1. The standard InChI is InChI=1S/C15H22N2O6S/c1-3-24(21,22)17(2)10-14(18)16-9-8-12-4-6-13(7-5-12)23-11-15(19)20/h4-7H,3,8-11H2,1-2H3,(H,16,18)(H,19,20). The van der Waals surface area contributed by atoms with Crippen molar-refractivity contribution in [2.45, 2.75) is 13.3 Å². The Balaban J connectivity index is 2.36. The maximum absolute atomic E-state index is 11.7. The van der Waals surface area contributed by atoms with Crippen LogP contribution in [0.5, 0.6) is 5.75 Å². The molecule has 1 aromatic rings. The molecule has 0 bridgehead atoms. The van der Waals surface area contributed by atoms with E-state index in [1.54, 1.807) is 24.3 Å². The second-order valence-corrected chi connectivity index (χ2v) is 7.45. The number of ether oxygens (including phenoxy) is 1. The van der Waals surface area contributed by atoms with E-state index >= 15 is 0 Å². The van der Waals surface area contributed by atoms with E-state index in [0.717, 1.165) is 9.87 Å². The van der Waals surface area contributed by atoms with Crippen molar-refractivity contribution in [3.8, 4) is 5.75 Å². The molecule has 134 valence electrons. The number of aliphatic carboxylic acids is 1. The van der Waals surface area contributed by atoms with Gasteiger partial charge in [0.1, 0.15) is 5.75 Å². The van der Waals surface area contributed by atoms with E-state index in [9.17, 15) is 18.0 Å². The van der Waals surface area contributed by atoms with E-state index in [0.29, 0.717) is 18.7 Å². The molecule has 0 aromatic heterocycles. The fourth-order valence-electron chi connectivity index (χ4n) is 1.82. The molecular formula is C15H22N2O6S. The van der Waals surface area contributed by atoms with Crippen molar-refractivity contribution in [1.82, 2.24) is 9.62 Å². The normalized spacial score (nSPS) is 11.3. The number of rotatable bonds is 10. The Morgan fingerprint density at radius 1 is 1.25 bits per heavy atom. The molecule has 0 radical (unpaired) electrons. The number of carboxylic acids is 1. The minimum Gasteiger partial charge on any atom is -0.482 e. The summed E-state index contributed by atoms with van der Waals surface area (Å²) < 4.78 is 29.2. The van der Waals surface area contributed by atoms with E-state index in [4.69, 9.17) is 9.84 Å². The Morgan fingerprint density at radius 3 is 2.42 bits per heavy atom. The number of carbonyl (C=O) groups is 2. The van der Waals surface area contributed by atoms with Gasteiger partial charge in [0, 0.05) is 13.6 Å². The average molecular weight is 358 g/mol. The summed E-state index contributed by atoms with van der Waals surface area (Å²) in [7, 11) is -2.00. The molecule has 1 aromatic carbocycles. The first-order valence-corrected chi connectivity index (χ1v) is 8.99. The van der Waals surface area contributed by atoms with Crippen LogP contribution in [-0.2, 0) is 26.0 Å². The van der Waals surface area contributed by atoms with E-state index < -0.39 is 22.6 Å². The van der Waals surface area contributed by atoms with Gasteiger partial charge in [-0.2, -0.15) is 4.31 Å². The minimum atomic E-state index is -3.37. The summed E-state index contributed by atoms with van der Waals surface area (Å²) in [4.78, 5) is 22.1. The number of carbonyl (C=O) groups excluding carboxylic acids is 1. The van der Waals surface area contributed by atoms with Gasteiger partial charge in [-0.25, -0.2) is 13.2 Å².